The molecule has 0 atom stereocenters. The Labute approximate surface area is 148 Å². The van der Waals surface area contributed by atoms with Gasteiger partial charge in [-0.3, -0.25) is 4.79 Å². The fourth-order valence-electron chi connectivity index (χ4n) is 2.72. The molecule has 0 spiro atoms. The highest BCUT2D eigenvalue weighted by Crippen LogP contribution is 2.21. The summed E-state index contributed by atoms with van der Waals surface area (Å²) in [7, 11) is 0. The first-order valence-corrected chi connectivity index (χ1v) is 9.02. The van der Waals surface area contributed by atoms with Crippen LogP contribution in [0.15, 0.2) is 29.4 Å². The number of anilines is 1. The molecular formula is C15H18N6O3S. The predicted octanol–water partition coefficient (Wildman–Crippen LogP) is 1.71. The lowest BCUT2D eigenvalue weighted by atomic mass is 9.97. The van der Waals surface area contributed by atoms with E-state index in [1.54, 1.807) is 21.7 Å². The quantitative estimate of drug-likeness (QED) is 0.796. The van der Waals surface area contributed by atoms with Crippen molar-refractivity contribution in [3.05, 3.63) is 24.3 Å². The Morgan fingerprint density at radius 1 is 1.32 bits per heavy atom. The maximum absolute atomic E-state index is 12.4. The number of hydrogen-bond donors (Lipinski definition) is 2. The van der Waals surface area contributed by atoms with Gasteiger partial charge in [-0.25, -0.2) is 4.79 Å². The number of carbonyl (C=O) groups excluding carboxylic acids is 1. The Kier molecular flexibility index (Phi) is 5.17. The van der Waals surface area contributed by atoms with Crippen molar-refractivity contribution in [3.63, 3.8) is 0 Å². The second-order valence-electron chi connectivity index (χ2n) is 5.66. The second-order valence-corrected chi connectivity index (χ2v) is 6.43. The molecule has 9 nitrogen and oxygen atoms in total. The highest BCUT2D eigenvalue weighted by molar-refractivity contribution is 7.98. The number of thioether (sulfide) groups is 1. The largest absolute Gasteiger partial charge is 0.481 e. The van der Waals surface area contributed by atoms with E-state index in [4.69, 9.17) is 5.11 Å². The van der Waals surface area contributed by atoms with Crippen LogP contribution < -0.4 is 5.32 Å². The number of carboxylic acids is 1. The standard InChI is InChI=1S/C15H18N6O3S/c1-25-15-17-18-19-21(15)12-4-2-3-11(9-12)16-14(24)20-7-5-10(6-8-20)13(22)23/h2-4,9-10H,5-8H2,1H3,(H,16,24)(H,22,23). The summed E-state index contributed by atoms with van der Waals surface area (Å²) in [5, 5.41) is 24.0. The number of nitrogens with one attached hydrogen (secondary N) is 1. The van der Waals surface area contributed by atoms with Crippen LogP contribution in [0.3, 0.4) is 0 Å². The highest BCUT2D eigenvalue weighted by Gasteiger charge is 2.27. The first-order chi connectivity index (χ1) is 12.1. The number of nitrogens with zero attached hydrogens (tertiary/aromatic N) is 5. The third kappa shape index (κ3) is 3.90. The summed E-state index contributed by atoms with van der Waals surface area (Å²) in [4.78, 5) is 25.0. The number of benzene rings is 1. The van der Waals surface area contributed by atoms with Crippen molar-refractivity contribution in [2.45, 2.75) is 18.0 Å². The summed E-state index contributed by atoms with van der Waals surface area (Å²) < 4.78 is 1.60. The summed E-state index contributed by atoms with van der Waals surface area (Å²) in [6.45, 7) is 0.873. The Morgan fingerprint density at radius 2 is 2.08 bits per heavy atom. The normalized spacial score (nSPS) is 15.2. The molecule has 1 aliphatic rings. The minimum absolute atomic E-state index is 0.234. The third-order valence-electron chi connectivity index (χ3n) is 4.10. The first kappa shape index (κ1) is 17.2. The Hall–Kier alpha value is -2.62. The Morgan fingerprint density at radius 3 is 2.76 bits per heavy atom. The number of tetrazole rings is 1. The molecule has 10 heteroatoms. The lowest BCUT2D eigenvalue weighted by Crippen LogP contribution is -2.42. The van der Waals surface area contributed by atoms with E-state index in [0.29, 0.717) is 36.8 Å². The zero-order valence-corrected chi connectivity index (χ0v) is 14.4. The lowest BCUT2D eigenvalue weighted by Gasteiger charge is -2.30. The molecule has 25 heavy (non-hydrogen) atoms. The summed E-state index contributed by atoms with van der Waals surface area (Å²) in [6.07, 6.45) is 2.84. The smallest absolute Gasteiger partial charge is 0.321 e. The van der Waals surface area contributed by atoms with Crippen LogP contribution in [0.25, 0.3) is 5.69 Å². The van der Waals surface area contributed by atoms with Crippen LogP contribution in [0.1, 0.15) is 12.8 Å². The molecule has 3 rings (SSSR count). The van der Waals surface area contributed by atoms with Crippen LogP contribution in [0.5, 0.6) is 0 Å². The number of carbonyl (C=O) groups is 2. The van der Waals surface area contributed by atoms with E-state index in [1.165, 1.54) is 11.8 Å². The number of amides is 2. The average Bonchev–Trinajstić information content (AvgIpc) is 3.11. The second kappa shape index (κ2) is 7.51. The summed E-state index contributed by atoms with van der Waals surface area (Å²) in [5.41, 5.74) is 1.38. The summed E-state index contributed by atoms with van der Waals surface area (Å²) in [5.74, 6) is -1.16. The Balaban J connectivity index is 1.66. The van der Waals surface area contributed by atoms with Gasteiger partial charge in [-0.15, -0.1) is 5.10 Å². The number of hydrogen-bond acceptors (Lipinski definition) is 6. The molecule has 0 radical (unpaired) electrons. The van der Waals surface area contributed by atoms with Crippen LogP contribution in [0.2, 0.25) is 0 Å². The molecule has 1 aromatic heterocycles. The Bertz CT molecular complexity index is 772. The number of aromatic nitrogens is 4. The van der Waals surface area contributed by atoms with Gasteiger partial charge in [-0.05, 0) is 47.7 Å². The van der Waals surface area contributed by atoms with Gasteiger partial charge in [0.25, 0.3) is 0 Å². The number of likely N-dealkylation sites (tertiary alicyclic amines) is 1. The number of carboxylic acid groups (broad SMARTS) is 1. The molecule has 2 amide bonds. The predicted molar refractivity (Wildman–Crippen MR) is 91.9 cm³/mol. The van der Waals surface area contributed by atoms with Crippen molar-refractivity contribution in [1.29, 1.82) is 0 Å². The number of piperidine rings is 1. The molecule has 0 unspecified atom stereocenters. The number of rotatable bonds is 4. The highest BCUT2D eigenvalue weighted by atomic mass is 32.2. The van der Waals surface area contributed by atoms with Gasteiger partial charge in [0.05, 0.1) is 11.6 Å². The van der Waals surface area contributed by atoms with Crippen LogP contribution in [-0.2, 0) is 4.79 Å². The van der Waals surface area contributed by atoms with Crippen LogP contribution in [0.4, 0.5) is 10.5 Å². The number of urea groups is 1. The molecule has 1 aromatic carbocycles. The van der Waals surface area contributed by atoms with E-state index >= 15 is 0 Å². The number of aliphatic carboxylic acids is 1. The van der Waals surface area contributed by atoms with Crippen molar-refractivity contribution >= 4 is 29.4 Å². The lowest BCUT2D eigenvalue weighted by molar-refractivity contribution is -0.143. The van der Waals surface area contributed by atoms with Gasteiger partial charge >= 0.3 is 12.0 Å². The molecule has 0 aliphatic carbocycles. The summed E-state index contributed by atoms with van der Waals surface area (Å²) in [6, 6.07) is 7.01. The van der Waals surface area contributed by atoms with Gasteiger partial charge in [-0.2, -0.15) is 4.68 Å². The van der Waals surface area contributed by atoms with Crippen molar-refractivity contribution in [3.8, 4) is 5.69 Å². The third-order valence-corrected chi connectivity index (χ3v) is 4.72. The van der Waals surface area contributed by atoms with Gasteiger partial charge in [0.1, 0.15) is 0 Å². The molecule has 0 bridgehead atoms. The SMILES string of the molecule is CSc1nnnn1-c1cccc(NC(=O)N2CCC(C(=O)O)CC2)c1. The molecule has 2 N–H and O–H groups in total. The molecule has 2 heterocycles. The van der Waals surface area contributed by atoms with Gasteiger partial charge in [0.2, 0.25) is 5.16 Å². The topological polar surface area (TPSA) is 113 Å². The van der Waals surface area contributed by atoms with Gasteiger partial charge < -0.3 is 15.3 Å². The van der Waals surface area contributed by atoms with Crippen LogP contribution >= 0.6 is 11.8 Å². The maximum Gasteiger partial charge on any atom is 0.321 e. The van der Waals surface area contributed by atoms with Gasteiger partial charge in [0, 0.05) is 18.8 Å². The van der Waals surface area contributed by atoms with E-state index in [2.05, 4.69) is 20.8 Å². The van der Waals surface area contributed by atoms with Crippen LogP contribution in [0, 0.1) is 5.92 Å². The molecule has 0 saturated carbocycles. The molecular weight excluding hydrogens is 344 g/mol. The van der Waals surface area contributed by atoms with E-state index in [-0.39, 0.29) is 11.9 Å². The fraction of sp³-hybridized carbons (Fsp3) is 0.400. The summed E-state index contributed by atoms with van der Waals surface area (Å²) >= 11 is 1.43. The zero-order valence-electron chi connectivity index (χ0n) is 13.6. The van der Waals surface area contributed by atoms with Crippen molar-refractivity contribution < 1.29 is 14.7 Å². The molecule has 1 fully saturated rings. The van der Waals surface area contributed by atoms with Crippen molar-refractivity contribution in [1.82, 2.24) is 25.1 Å². The van der Waals surface area contributed by atoms with Gasteiger partial charge in [0.15, 0.2) is 0 Å². The van der Waals surface area contributed by atoms with Crippen molar-refractivity contribution in [2.75, 3.05) is 24.7 Å². The molecule has 132 valence electrons. The average molecular weight is 362 g/mol. The first-order valence-electron chi connectivity index (χ1n) is 7.80. The van der Waals surface area contributed by atoms with E-state index in [1.807, 2.05) is 18.4 Å². The van der Waals surface area contributed by atoms with Gasteiger partial charge in [-0.1, -0.05) is 17.8 Å². The maximum atomic E-state index is 12.4. The van der Waals surface area contributed by atoms with Crippen LogP contribution in [-0.4, -0.2) is 61.6 Å². The van der Waals surface area contributed by atoms with E-state index in [0.717, 1.165) is 5.69 Å². The van der Waals surface area contributed by atoms with E-state index < -0.39 is 5.97 Å². The minimum atomic E-state index is -0.793. The van der Waals surface area contributed by atoms with Crippen molar-refractivity contribution in [2.24, 2.45) is 5.92 Å². The fourth-order valence-corrected chi connectivity index (χ4v) is 3.15. The zero-order chi connectivity index (χ0) is 17.8. The molecule has 2 aromatic rings. The minimum Gasteiger partial charge on any atom is -0.481 e. The molecule has 1 saturated heterocycles. The molecule has 1 aliphatic heterocycles. The monoisotopic (exact) mass is 362 g/mol. The van der Waals surface area contributed by atoms with E-state index in [9.17, 15) is 9.59 Å².